The van der Waals surface area contributed by atoms with Crippen LogP contribution >= 0.6 is 23.2 Å². The van der Waals surface area contributed by atoms with Crippen LogP contribution in [0.2, 0.25) is 10.0 Å². The summed E-state index contributed by atoms with van der Waals surface area (Å²) < 4.78 is 6.24. The number of fused-ring (bicyclic) bond motifs is 3. The van der Waals surface area contributed by atoms with Crippen LogP contribution < -0.4 is 9.64 Å². The third kappa shape index (κ3) is 2.92. The van der Waals surface area contributed by atoms with Gasteiger partial charge in [0.05, 0.1) is 0 Å². The van der Waals surface area contributed by atoms with Crippen LogP contribution in [0.15, 0.2) is 72.8 Å². The van der Waals surface area contributed by atoms with Crippen LogP contribution in [0.3, 0.4) is 0 Å². The van der Waals surface area contributed by atoms with Crippen LogP contribution in [0.1, 0.15) is 11.1 Å². The fourth-order valence-electron chi connectivity index (χ4n) is 4.48. The van der Waals surface area contributed by atoms with Gasteiger partial charge in [-0.05, 0) is 48.0 Å². The summed E-state index contributed by atoms with van der Waals surface area (Å²) in [4.78, 5) is 29.4. The molecule has 0 unspecified atom stereocenters. The Kier molecular flexibility index (Phi) is 4.68. The fraction of sp³-hybridized carbons (Fsp3) is 0.167. The normalized spacial score (nSPS) is 22.4. The highest BCUT2D eigenvalue weighted by Crippen LogP contribution is 2.53. The van der Waals surface area contributed by atoms with Crippen molar-refractivity contribution in [1.82, 2.24) is 4.90 Å². The second-order valence-corrected chi connectivity index (χ2v) is 8.50. The monoisotopic (exact) mass is 452 g/mol. The van der Waals surface area contributed by atoms with E-state index in [1.54, 1.807) is 47.2 Å². The smallest absolute Gasteiger partial charge is 0.268 e. The van der Waals surface area contributed by atoms with Crippen LogP contribution in [0.25, 0.3) is 0 Å². The molecule has 1 fully saturated rings. The molecule has 5 nitrogen and oxygen atoms in total. The number of amides is 2. The van der Waals surface area contributed by atoms with Crippen molar-refractivity contribution in [2.75, 3.05) is 18.5 Å². The second-order valence-electron chi connectivity index (χ2n) is 7.62. The summed E-state index contributed by atoms with van der Waals surface area (Å²) in [6.45, 7) is -0.0585. The Morgan fingerprint density at radius 1 is 0.935 bits per heavy atom. The lowest BCUT2D eigenvalue weighted by molar-refractivity contribution is -0.177. The van der Waals surface area contributed by atoms with Crippen LogP contribution in [-0.4, -0.2) is 36.4 Å². The van der Waals surface area contributed by atoms with Crippen LogP contribution in [-0.2, 0) is 15.1 Å². The van der Waals surface area contributed by atoms with Crippen LogP contribution in [0, 0.1) is 0 Å². The molecule has 31 heavy (non-hydrogen) atoms. The van der Waals surface area contributed by atoms with Gasteiger partial charge in [0.1, 0.15) is 17.8 Å². The van der Waals surface area contributed by atoms with E-state index >= 15 is 0 Å². The fourth-order valence-corrected chi connectivity index (χ4v) is 4.78. The molecule has 0 spiro atoms. The number of benzene rings is 3. The van der Waals surface area contributed by atoms with E-state index in [-0.39, 0.29) is 18.4 Å². The molecular formula is C24H18Cl2N2O3. The Hall–Kier alpha value is -3.02. The summed E-state index contributed by atoms with van der Waals surface area (Å²) in [5.41, 5.74) is 1.29. The summed E-state index contributed by atoms with van der Waals surface area (Å²) in [7, 11) is 1.71. The maximum absolute atomic E-state index is 13.3. The number of nitrogens with zero attached hydrogens (tertiary/aromatic N) is 2. The lowest BCUT2D eigenvalue weighted by Gasteiger charge is -2.56. The summed E-state index contributed by atoms with van der Waals surface area (Å²) in [6.07, 6.45) is -0.868. The molecule has 2 aliphatic heterocycles. The van der Waals surface area contributed by atoms with Gasteiger partial charge < -0.3 is 14.5 Å². The number of ether oxygens (including phenoxy) is 1. The summed E-state index contributed by atoms with van der Waals surface area (Å²) in [6, 6.07) is 21.9. The molecule has 2 amide bonds. The molecular weight excluding hydrogens is 435 g/mol. The number of carbonyl (C=O) groups excluding carboxylic acids is 2. The van der Waals surface area contributed by atoms with E-state index in [2.05, 4.69) is 0 Å². The minimum absolute atomic E-state index is 0.0585. The summed E-state index contributed by atoms with van der Waals surface area (Å²) >= 11 is 12.4. The first-order chi connectivity index (χ1) is 14.9. The standard InChI is InChI=1S/C24H18Cl2N2O3/c1-27-20-12-9-17(26)13-19(20)24(15-5-3-2-4-6-15)22(23(30)28(24)14-21(27)29)31-18-10-7-16(25)8-11-18/h2-13,22H,14H2,1H3/t22-,24+/m1/s1. The first-order valence-electron chi connectivity index (χ1n) is 9.78. The average Bonchev–Trinajstić information content (AvgIpc) is 2.86. The van der Waals surface area contributed by atoms with Gasteiger partial charge in [-0.3, -0.25) is 9.59 Å². The molecule has 1 saturated heterocycles. The van der Waals surface area contributed by atoms with Gasteiger partial charge in [-0.1, -0.05) is 53.5 Å². The zero-order valence-electron chi connectivity index (χ0n) is 16.6. The molecule has 0 N–H and O–H groups in total. The predicted molar refractivity (Wildman–Crippen MR) is 120 cm³/mol. The lowest BCUT2D eigenvalue weighted by atomic mass is 9.69. The zero-order valence-corrected chi connectivity index (χ0v) is 18.1. The van der Waals surface area contributed by atoms with E-state index < -0.39 is 11.6 Å². The van der Waals surface area contributed by atoms with Crippen molar-refractivity contribution in [2.24, 2.45) is 0 Å². The molecule has 2 atom stereocenters. The third-order valence-corrected chi connectivity index (χ3v) is 6.46. The van der Waals surface area contributed by atoms with E-state index in [1.807, 2.05) is 42.5 Å². The Balaban J connectivity index is 1.76. The topological polar surface area (TPSA) is 49.9 Å². The number of hydrogen-bond acceptors (Lipinski definition) is 3. The number of likely N-dealkylation sites (N-methyl/N-ethyl adjacent to an activating group) is 1. The van der Waals surface area contributed by atoms with E-state index in [9.17, 15) is 9.59 Å². The molecule has 0 radical (unpaired) electrons. The predicted octanol–water partition coefficient (Wildman–Crippen LogP) is 4.50. The Bertz CT molecular complexity index is 1180. The highest BCUT2D eigenvalue weighted by molar-refractivity contribution is 6.31. The van der Waals surface area contributed by atoms with Crippen molar-refractivity contribution in [2.45, 2.75) is 11.6 Å². The molecule has 156 valence electrons. The van der Waals surface area contributed by atoms with Crippen molar-refractivity contribution < 1.29 is 14.3 Å². The SMILES string of the molecule is CN1C(=O)CN2C(=O)[C@@H](Oc3ccc(Cl)cc3)[C@]2(c2ccccc2)c2cc(Cl)ccc21. The van der Waals surface area contributed by atoms with E-state index in [0.29, 0.717) is 21.5 Å². The van der Waals surface area contributed by atoms with Gasteiger partial charge in [-0.2, -0.15) is 0 Å². The number of carbonyl (C=O) groups is 2. The molecule has 0 saturated carbocycles. The van der Waals surface area contributed by atoms with Gasteiger partial charge in [0, 0.05) is 28.3 Å². The Morgan fingerprint density at radius 2 is 1.61 bits per heavy atom. The molecule has 5 rings (SSSR count). The molecule has 3 aromatic rings. The van der Waals surface area contributed by atoms with E-state index in [1.165, 1.54) is 0 Å². The van der Waals surface area contributed by atoms with Crippen LogP contribution in [0.5, 0.6) is 5.75 Å². The molecule has 0 aromatic heterocycles. The number of halogens is 2. The van der Waals surface area contributed by atoms with Crippen molar-refractivity contribution in [3.05, 3.63) is 94.0 Å². The first-order valence-corrected chi connectivity index (χ1v) is 10.5. The number of anilines is 1. The lowest BCUT2D eigenvalue weighted by Crippen LogP contribution is -2.74. The van der Waals surface area contributed by atoms with Crippen molar-refractivity contribution in [3.63, 3.8) is 0 Å². The van der Waals surface area contributed by atoms with Crippen molar-refractivity contribution in [3.8, 4) is 5.75 Å². The maximum atomic E-state index is 13.3. The Labute approximate surface area is 189 Å². The summed E-state index contributed by atoms with van der Waals surface area (Å²) in [5, 5.41) is 1.09. The molecule has 0 bridgehead atoms. The average molecular weight is 453 g/mol. The first kappa shape index (κ1) is 19.9. The minimum atomic E-state index is -1.00. The quantitative estimate of drug-likeness (QED) is 0.549. The molecule has 7 heteroatoms. The van der Waals surface area contributed by atoms with Gasteiger partial charge in [-0.25, -0.2) is 0 Å². The van der Waals surface area contributed by atoms with Gasteiger partial charge in [0.15, 0.2) is 0 Å². The highest BCUT2D eigenvalue weighted by atomic mass is 35.5. The van der Waals surface area contributed by atoms with Crippen molar-refractivity contribution in [1.29, 1.82) is 0 Å². The highest BCUT2D eigenvalue weighted by Gasteiger charge is 2.66. The van der Waals surface area contributed by atoms with Gasteiger partial charge in [0.2, 0.25) is 12.0 Å². The maximum Gasteiger partial charge on any atom is 0.268 e. The van der Waals surface area contributed by atoms with Gasteiger partial charge >= 0.3 is 0 Å². The number of rotatable bonds is 3. The molecule has 2 aliphatic rings. The summed E-state index contributed by atoms with van der Waals surface area (Å²) in [5.74, 6) is 0.0817. The minimum Gasteiger partial charge on any atom is -0.477 e. The number of hydrogen-bond donors (Lipinski definition) is 0. The van der Waals surface area contributed by atoms with E-state index in [0.717, 1.165) is 11.1 Å². The van der Waals surface area contributed by atoms with Gasteiger partial charge in [-0.15, -0.1) is 0 Å². The molecule has 3 aromatic carbocycles. The molecule has 0 aliphatic carbocycles. The molecule has 2 heterocycles. The number of β-lactam (4-membered cyclic amide) rings is 1. The third-order valence-electron chi connectivity index (χ3n) is 5.98. The van der Waals surface area contributed by atoms with Crippen molar-refractivity contribution >= 4 is 40.7 Å². The van der Waals surface area contributed by atoms with Gasteiger partial charge in [0.25, 0.3) is 5.91 Å². The van der Waals surface area contributed by atoms with Crippen LogP contribution in [0.4, 0.5) is 5.69 Å². The second kappa shape index (κ2) is 7.29. The largest absolute Gasteiger partial charge is 0.477 e. The zero-order chi connectivity index (χ0) is 21.8. The Morgan fingerprint density at radius 3 is 2.32 bits per heavy atom. The van der Waals surface area contributed by atoms with E-state index in [4.69, 9.17) is 27.9 Å².